The second-order valence-corrected chi connectivity index (χ2v) is 8.82. The van der Waals surface area contributed by atoms with Crippen molar-refractivity contribution in [3.05, 3.63) is 52.8 Å². The SMILES string of the molecule is CCOC(=O)C(CC(=O)O)CC(=O)CSc1ncc(Br)n1-c1ccc(C#N)c2ccccc12. The van der Waals surface area contributed by atoms with Crippen LogP contribution in [0.2, 0.25) is 0 Å². The summed E-state index contributed by atoms with van der Waals surface area (Å²) in [5, 5.41) is 20.7. The molecule has 33 heavy (non-hydrogen) atoms. The highest BCUT2D eigenvalue weighted by Gasteiger charge is 2.26. The Hall–Kier alpha value is -3.16. The van der Waals surface area contributed by atoms with Crippen molar-refractivity contribution in [3.8, 4) is 11.8 Å². The molecule has 3 rings (SSSR count). The number of fused-ring (bicyclic) bond motifs is 1. The molecule has 1 aromatic heterocycles. The largest absolute Gasteiger partial charge is 0.481 e. The molecule has 170 valence electrons. The minimum atomic E-state index is -1.17. The number of carboxylic acids is 1. The molecule has 0 fully saturated rings. The van der Waals surface area contributed by atoms with Gasteiger partial charge in [-0.25, -0.2) is 4.98 Å². The predicted molar refractivity (Wildman–Crippen MR) is 126 cm³/mol. The van der Waals surface area contributed by atoms with Crippen LogP contribution >= 0.6 is 27.7 Å². The summed E-state index contributed by atoms with van der Waals surface area (Å²) in [6.45, 7) is 1.74. The highest BCUT2D eigenvalue weighted by Crippen LogP contribution is 2.32. The van der Waals surface area contributed by atoms with Gasteiger partial charge in [-0.05, 0) is 35.0 Å². The lowest BCUT2D eigenvalue weighted by molar-refractivity contribution is -0.153. The third-order valence-electron chi connectivity index (χ3n) is 4.83. The minimum absolute atomic E-state index is 0.00713. The molecule has 0 saturated carbocycles. The quantitative estimate of drug-likeness (QED) is 0.303. The molecule has 1 N–H and O–H groups in total. The summed E-state index contributed by atoms with van der Waals surface area (Å²) in [5.41, 5.74) is 1.35. The number of hydrogen-bond donors (Lipinski definition) is 1. The monoisotopic (exact) mass is 529 g/mol. The Morgan fingerprint density at radius 3 is 2.61 bits per heavy atom. The number of Topliss-reactive ketones (excluding diaryl/α,β-unsaturated/α-hetero) is 1. The van der Waals surface area contributed by atoms with Crippen molar-refractivity contribution in [2.45, 2.75) is 24.9 Å². The molecule has 2 aromatic carbocycles. The molecule has 1 unspecified atom stereocenters. The molecule has 10 heteroatoms. The number of halogens is 1. The van der Waals surface area contributed by atoms with Crippen LogP contribution in [-0.4, -0.2) is 44.7 Å². The standard InChI is InChI=1S/C23H20BrN3O5S/c1-2-32-22(31)15(10-21(29)30)9-16(28)13-33-23-26-12-20(24)27(23)19-8-7-14(11-25)17-5-3-4-6-18(17)19/h3-8,12,15H,2,9-10,13H2,1H3,(H,29,30). The van der Waals surface area contributed by atoms with E-state index >= 15 is 0 Å². The van der Waals surface area contributed by atoms with Gasteiger partial charge in [0.25, 0.3) is 0 Å². The molecule has 0 radical (unpaired) electrons. The lowest BCUT2D eigenvalue weighted by atomic mass is 9.99. The molecule has 0 spiro atoms. The summed E-state index contributed by atoms with van der Waals surface area (Å²) < 4.78 is 7.41. The van der Waals surface area contributed by atoms with Gasteiger partial charge in [-0.2, -0.15) is 5.26 Å². The fourth-order valence-corrected chi connectivity index (χ4v) is 4.84. The third kappa shape index (κ3) is 5.80. The van der Waals surface area contributed by atoms with Gasteiger partial charge in [0.05, 0.1) is 48.2 Å². The van der Waals surface area contributed by atoms with Crippen LogP contribution in [0.3, 0.4) is 0 Å². The van der Waals surface area contributed by atoms with E-state index in [0.29, 0.717) is 15.3 Å². The summed E-state index contributed by atoms with van der Waals surface area (Å²) in [5.74, 6) is -3.15. The lowest BCUT2D eigenvalue weighted by Gasteiger charge is -2.14. The van der Waals surface area contributed by atoms with Crippen LogP contribution in [0.4, 0.5) is 0 Å². The summed E-state index contributed by atoms with van der Waals surface area (Å²) in [6, 6.07) is 13.3. The fraction of sp³-hybridized carbons (Fsp3) is 0.261. The summed E-state index contributed by atoms with van der Waals surface area (Å²) >= 11 is 4.68. The first-order chi connectivity index (χ1) is 15.8. The Morgan fingerprint density at radius 2 is 1.94 bits per heavy atom. The average molecular weight is 530 g/mol. The number of ether oxygens (including phenoxy) is 1. The fourth-order valence-electron chi connectivity index (χ4n) is 3.40. The molecule has 1 atom stereocenters. The highest BCUT2D eigenvalue weighted by molar-refractivity contribution is 9.10. The van der Waals surface area contributed by atoms with E-state index in [-0.39, 0.29) is 24.6 Å². The first kappa shape index (κ1) is 24.5. The maximum Gasteiger partial charge on any atom is 0.309 e. The van der Waals surface area contributed by atoms with E-state index in [1.165, 1.54) is 11.8 Å². The second-order valence-electron chi connectivity index (χ2n) is 7.07. The molecule has 0 saturated heterocycles. The van der Waals surface area contributed by atoms with Crippen molar-refractivity contribution in [2.75, 3.05) is 12.4 Å². The first-order valence-corrected chi connectivity index (χ1v) is 11.8. The molecule has 1 heterocycles. The van der Waals surface area contributed by atoms with Crippen LogP contribution in [0.15, 0.2) is 52.4 Å². The Labute approximate surface area is 202 Å². The third-order valence-corrected chi connectivity index (χ3v) is 6.40. The Bertz CT molecular complexity index is 1250. The van der Waals surface area contributed by atoms with Crippen molar-refractivity contribution >= 4 is 56.2 Å². The Kier molecular flexibility index (Phi) is 8.25. The van der Waals surface area contributed by atoms with Gasteiger partial charge in [0.2, 0.25) is 0 Å². The molecular weight excluding hydrogens is 510 g/mol. The smallest absolute Gasteiger partial charge is 0.309 e. The van der Waals surface area contributed by atoms with Crippen molar-refractivity contribution in [3.63, 3.8) is 0 Å². The van der Waals surface area contributed by atoms with Crippen LogP contribution in [0, 0.1) is 17.2 Å². The number of imidazole rings is 1. The molecule has 0 bridgehead atoms. The second kappa shape index (κ2) is 11.1. The maximum absolute atomic E-state index is 12.6. The van der Waals surface area contributed by atoms with E-state index in [9.17, 15) is 19.6 Å². The lowest BCUT2D eigenvalue weighted by Crippen LogP contribution is -2.24. The summed E-state index contributed by atoms with van der Waals surface area (Å²) in [7, 11) is 0. The zero-order valence-corrected chi connectivity index (χ0v) is 20.1. The van der Waals surface area contributed by atoms with Gasteiger partial charge >= 0.3 is 11.9 Å². The number of rotatable bonds is 10. The number of nitrogens with zero attached hydrogens (tertiary/aromatic N) is 3. The zero-order chi connectivity index (χ0) is 24.0. The number of benzene rings is 2. The van der Waals surface area contributed by atoms with Gasteiger partial charge in [-0.3, -0.25) is 19.0 Å². The van der Waals surface area contributed by atoms with Crippen molar-refractivity contribution in [2.24, 2.45) is 5.92 Å². The number of hydrogen-bond acceptors (Lipinski definition) is 7. The molecular formula is C23H20BrN3O5S. The van der Waals surface area contributed by atoms with Crippen LogP contribution in [0.5, 0.6) is 0 Å². The predicted octanol–water partition coefficient (Wildman–Crippen LogP) is 4.36. The number of carbonyl (C=O) groups excluding carboxylic acids is 2. The molecule has 0 aliphatic rings. The van der Waals surface area contributed by atoms with Crippen LogP contribution in [0.1, 0.15) is 25.3 Å². The van der Waals surface area contributed by atoms with Crippen molar-refractivity contribution in [1.29, 1.82) is 5.26 Å². The van der Waals surface area contributed by atoms with E-state index in [1.807, 2.05) is 34.9 Å². The highest BCUT2D eigenvalue weighted by atomic mass is 79.9. The first-order valence-electron chi connectivity index (χ1n) is 10.0. The molecule has 0 aliphatic carbocycles. The van der Waals surface area contributed by atoms with Gasteiger partial charge in [-0.1, -0.05) is 36.0 Å². The van der Waals surface area contributed by atoms with Crippen LogP contribution < -0.4 is 0 Å². The van der Waals surface area contributed by atoms with Gasteiger partial charge in [0.1, 0.15) is 10.4 Å². The number of nitriles is 1. The van der Waals surface area contributed by atoms with E-state index in [2.05, 4.69) is 27.0 Å². The molecule has 0 amide bonds. The number of aromatic nitrogens is 2. The van der Waals surface area contributed by atoms with E-state index in [4.69, 9.17) is 9.84 Å². The van der Waals surface area contributed by atoms with Crippen LogP contribution in [-0.2, 0) is 19.1 Å². The topological polar surface area (TPSA) is 122 Å². The summed E-state index contributed by atoms with van der Waals surface area (Å²) in [6.07, 6.45) is 0.929. The number of esters is 1. The summed E-state index contributed by atoms with van der Waals surface area (Å²) in [4.78, 5) is 40.0. The molecule has 8 nitrogen and oxygen atoms in total. The molecule has 0 aliphatic heterocycles. The van der Waals surface area contributed by atoms with E-state index < -0.39 is 24.3 Å². The van der Waals surface area contributed by atoms with Gasteiger partial charge in [-0.15, -0.1) is 0 Å². The number of carboxylic acid groups (broad SMARTS) is 1. The number of thioether (sulfide) groups is 1. The van der Waals surface area contributed by atoms with E-state index in [0.717, 1.165) is 16.5 Å². The normalized spacial score (nSPS) is 11.7. The number of ketones is 1. The van der Waals surface area contributed by atoms with Crippen LogP contribution in [0.25, 0.3) is 16.5 Å². The number of aliphatic carboxylic acids is 1. The van der Waals surface area contributed by atoms with E-state index in [1.54, 1.807) is 19.2 Å². The Balaban J connectivity index is 1.82. The van der Waals surface area contributed by atoms with Gasteiger partial charge < -0.3 is 9.84 Å². The molecule has 3 aromatic rings. The van der Waals surface area contributed by atoms with Crippen molar-refractivity contribution < 1.29 is 24.2 Å². The zero-order valence-electron chi connectivity index (χ0n) is 17.7. The van der Waals surface area contributed by atoms with Crippen molar-refractivity contribution in [1.82, 2.24) is 9.55 Å². The number of carbonyl (C=O) groups is 3. The maximum atomic E-state index is 12.6. The van der Waals surface area contributed by atoms with Gasteiger partial charge in [0, 0.05) is 17.2 Å². The average Bonchev–Trinajstić information content (AvgIpc) is 3.16. The van der Waals surface area contributed by atoms with Gasteiger partial charge in [0.15, 0.2) is 5.16 Å². The minimum Gasteiger partial charge on any atom is -0.481 e. The Morgan fingerprint density at radius 1 is 1.21 bits per heavy atom.